The molecule has 0 unspecified atom stereocenters. The molecule has 0 spiro atoms. The highest BCUT2D eigenvalue weighted by Crippen LogP contribution is 2.17. The molecule has 3 aromatic rings. The van der Waals surface area contributed by atoms with Crippen LogP contribution in [0.25, 0.3) is 6.08 Å². The molecule has 2 N–H and O–H groups in total. The number of anilines is 1. The minimum atomic E-state index is -0.226. The summed E-state index contributed by atoms with van der Waals surface area (Å²) in [5.41, 5.74) is 2.63. The maximum absolute atomic E-state index is 12.0. The van der Waals surface area contributed by atoms with Crippen LogP contribution in [0.15, 0.2) is 84.9 Å². The third-order valence-corrected chi connectivity index (χ3v) is 3.69. The Morgan fingerprint density at radius 2 is 1.62 bits per heavy atom. The quantitative estimate of drug-likeness (QED) is 0.641. The highest BCUT2D eigenvalue weighted by atomic mass is 16.5. The van der Waals surface area contributed by atoms with Gasteiger partial charge in [-0.05, 0) is 53.6 Å². The Morgan fingerprint density at radius 3 is 2.31 bits per heavy atom. The molecule has 1 amide bonds. The average molecular weight is 345 g/mol. The van der Waals surface area contributed by atoms with Crippen LogP contribution in [0.2, 0.25) is 0 Å². The van der Waals surface area contributed by atoms with E-state index in [2.05, 4.69) is 5.32 Å². The third kappa shape index (κ3) is 5.24. The summed E-state index contributed by atoms with van der Waals surface area (Å²) in [5, 5.41) is 12.0. The van der Waals surface area contributed by atoms with E-state index in [0.29, 0.717) is 12.3 Å². The van der Waals surface area contributed by atoms with Gasteiger partial charge in [0.2, 0.25) is 5.91 Å². The van der Waals surface area contributed by atoms with E-state index in [1.165, 1.54) is 6.08 Å². The van der Waals surface area contributed by atoms with E-state index in [-0.39, 0.29) is 11.7 Å². The molecule has 0 radical (unpaired) electrons. The van der Waals surface area contributed by atoms with Crippen molar-refractivity contribution >= 4 is 17.7 Å². The smallest absolute Gasteiger partial charge is 0.248 e. The number of benzene rings is 3. The van der Waals surface area contributed by atoms with Gasteiger partial charge in [0, 0.05) is 11.8 Å². The fourth-order valence-corrected chi connectivity index (χ4v) is 2.32. The molecule has 130 valence electrons. The van der Waals surface area contributed by atoms with Crippen molar-refractivity contribution < 1.29 is 14.6 Å². The summed E-state index contributed by atoms with van der Waals surface area (Å²) in [6.07, 6.45) is 3.14. The molecule has 4 heteroatoms. The summed E-state index contributed by atoms with van der Waals surface area (Å²) in [6, 6.07) is 23.8. The van der Waals surface area contributed by atoms with Crippen molar-refractivity contribution in [2.24, 2.45) is 0 Å². The van der Waals surface area contributed by atoms with Crippen molar-refractivity contribution in [3.05, 3.63) is 96.1 Å². The Bertz CT molecular complexity index is 870. The molecule has 3 rings (SSSR count). The predicted octanol–water partition coefficient (Wildman–Crippen LogP) is 4.62. The average Bonchev–Trinajstić information content (AvgIpc) is 2.68. The van der Waals surface area contributed by atoms with Crippen LogP contribution in [0.5, 0.6) is 11.5 Å². The molecule has 0 aliphatic carbocycles. The maximum Gasteiger partial charge on any atom is 0.248 e. The van der Waals surface area contributed by atoms with Gasteiger partial charge in [0.05, 0.1) is 0 Å². The van der Waals surface area contributed by atoms with E-state index in [1.54, 1.807) is 42.5 Å². The zero-order valence-corrected chi connectivity index (χ0v) is 14.1. The van der Waals surface area contributed by atoms with Crippen LogP contribution in [0.3, 0.4) is 0 Å². The molecule has 0 heterocycles. The van der Waals surface area contributed by atoms with Gasteiger partial charge in [-0.25, -0.2) is 0 Å². The number of phenols is 1. The van der Waals surface area contributed by atoms with Crippen molar-refractivity contribution in [3.63, 3.8) is 0 Å². The number of phenolic OH excluding ortho intramolecular Hbond substituents is 1. The number of aromatic hydroxyl groups is 1. The predicted molar refractivity (Wildman–Crippen MR) is 103 cm³/mol. The van der Waals surface area contributed by atoms with E-state index in [4.69, 9.17) is 4.74 Å². The first-order valence-corrected chi connectivity index (χ1v) is 8.24. The first kappa shape index (κ1) is 17.3. The van der Waals surface area contributed by atoms with Gasteiger partial charge < -0.3 is 15.2 Å². The van der Waals surface area contributed by atoms with Crippen LogP contribution in [-0.4, -0.2) is 11.0 Å². The molecular weight excluding hydrogens is 326 g/mol. The highest BCUT2D eigenvalue weighted by molar-refractivity contribution is 6.01. The zero-order valence-electron chi connectivity index (χ0n) is 14.1. The van der Waals surface area contributed by atoms with E-state index in [1.807, 2.05) is 42.5 Å². The second-order valence-corrected chi connectivity index (χ2v) is 5.71. The van der Waals surface area contributed by atoms with Crippen LogP contribution in [0.1, 0.15) is 11.1 Å². The van der Waals surface area contributed by atoms with Gasteiger partial charge in [0.15, 0.2) is 0 Å². The molecule has 0 aromatic heterocycles. The SMILES string of the molecule is O=C(/C=C/c1ccc(O)cc1)Nc1ccc(OCc2ccccc2)cc1. The Balaban J connectivity index is 1.51. The minimum Gasteiger partial charge on any atom is -0.508 e. The van der Waals surface area contributed by atoms with Crippen molar-refractivity contribution in [2.75, 3.05) is 5.32 Å². The molecule has 0 aliphatic heterocycles. The Labute approximate surface area is 152 Å². The second kappa shape index (κ2) is 8.53. The number of hydrogen-bond acceptors (Lipinski definition) is 3. The van der Waals surface area contributed by atoms with Crippen LogP contribution in [0, 0.1) is 0 Å². The van der Waals surface area contributed by atoms with Crippen LogP contribution < -0.4 is 10.1 Å². The van der Waals surface area contributed by atoms with Gasteiger partial charge in [-0.2, -0.15) is 0 Å². The summed E-state index contributed by atoms with van der Waals surface area (Å²) >= 11 is 0. The number of carbonyl (C=O) groups is 1. The molecule has 4 nitrogen and oxygen atoms in total. The van der Waals surface area contributed by atoms with E-state index in [9.17, 15) is 9.90 Å². The molecule has 0 atom stereocenters. The number of rotatable bonds is 6. The summed E-state index contributed by atoms with van der Waals surface area (Å²) in [7, 11) is 0. The molecule has 26 heavy (non-hydrogen) atoms. The lowest BCUT2D eigenvalue weighted by molar-refractivity contribution is -0.111. The molecule has 0 saturated carbocycles. The standard InChI is InChI=1S/C22H19NO3/c24-20-11-6-17(7-12-20)8-15-22(25)23-19-9-13-21(14-10-19)26-16-18-4-2-1-3-5-18/h1-15,24H,16H2,(H,23,25)/b15-8+. The summed E-state index contributed by atoms with van der Waals surface area (Å²) in [6.45, 7) is 0.502. The van der Waals surface area contributed by atoms with Gasteiger partial charge >= 0.3 is 0 Å². The van der Waals surface area contributed by atoms with Gasteiger partial charge in [-0.1, -0.05) is 42.5 Å². The summed E-state index contributed by atoms with van der Waals surface area (Å²) in [4.78, 5) is 12.0. The van der Waals surface area contributed by atoms with Crippen molar-refractivity contribution in [2.45, 2.75) is 6.61 Å². The molecule has 0 saturated heterocycles. The van der Waals surface area contributed by atoms with Crippen LogP contribution in [0.4, 0.5) is 5.69 Å². The lowest BCUT2D eigenvalue weighted by Gasteiger charge is -2.07. The van der Waals surface area contributed by atoms with Gasteiger partial charge in [-0.15, -0.1) is 0 Å². The monoisotopic (exact) mass is 345 g/mol. The zero-order chi connectivity index (χ0) is 18.2. The molecule has 0 aliphatic rings. The van der Waals surface area contributed by atoms with Crippen molar-refractivity contribution in [3.8, 4) is 11.5 Å². The summed E-state index contributed by atoms with van der Waals surface area (Å²) in [5.74, 6) is 0.712. The maximum atomic E-state index is 12.0. The number of amides is 1. The Morgan fingerprint density at radius 1 is 0.923 bits per heavy atom. The number of carbonyl (C=O) groups excluding carboxylic acids is 1. The van der Waals surface area contributed by atoms with Gasteiger partial charge in [0.25, 0.3) is 0 Å². The Kier molecular flexibility index (Phi) is 5.68. The van der Waals surface area contributed by atoms with Gasteiger partial charge in [0.1, 0.15) is 18.1 Å². The highest BCUT2D eigenvalue weighted by Gasteiger charge is 2.00. The normalized spacial score (nSPS) is 10.6. The number of nitrogens with one attached hydrogen (secondary N) is 1. The minimum absolute atomic E-state index is 0.196. The topological polar surface area (TPSA) is 58.6 Å². The first-order valence-electron chi connectivity index (χ1n) is 8.24. The molecule has 3 aromatic carbocycles. The first-order chi connectivity index (χ1) is 12.7. The largest absolute Gasteiger partial charge is 0.508 e. The van der Waals surface area contributed by atoms with Crippen molar-refractivity contribution in [1.82, 2.24) is 0 Å². The number of hydrogen-bond donors (Lipinski definition) is 2. The van der Waals surface area contributed by atoms with Crippen LogP contribution >= 0.6 is 0 Å². The lowest BCUT2D eigenvalue weighted by atomic mass is 10.2. The van der Waals surface area contributed by atoms with E-state index >= 15 is 0 Å². The molecule has 0 bridgehead atoms. The van der Waals surface area contributed by atoms with Gasteiger partial charge in [-0.3, -0.25) is 4.79 Å². The fraction of sp³-hybridized carbons (Fsp3) is 0.0455. The molecular formula is C22H19NO3. The van der Waals surface area contributed by atoms with E-state index < -0.39 is 0 Å². The lowest BCUT2D eigenvalue weighted by Crippen LogP contribution is -2.07. The van der Waals surface area contributed by atoms with Crippen molar-refractivity contribution in [1.29, 1.82) is 0 Å². The van der Waals surface area contributed by atoms with E-state index in [0.717, 1.165) is 16.9 Å². The Hall–Kier alpha value is -3.53. The third-order valence-electron chi connectivity index (χ3n) is 3.69. The molecule has 0 fully saturated rings. The second-order valence-electron chi connectivity index (χ2n) is 5.71. The fourth-order valence-electron chi connectivity index (χ4n) is 2.32. The summed E-state index contributed by atoms with van der Waals surface area (Å²) < 4.78 is 5.72. The number of ether oxygens (including phenoxy) is 1. The van der Waals surface area contributed by atoms with Crippen LogP contribution in [-0.2, 0) is 11.4 Å².